The van der Waals surface area contributed by atoms with Gasteiger partial charge in [0.25, 0.3) is 0 Å². The first kappa shape index (κ1) is 29.3. The highest BCUT2D eigenvalue weighted by Gasteiger charge is 2.38. The fraction of sp³-hybridized carbons (Fsp3) is 0.556. The van der Waals surface area contributed by atoms with E-state index >= 15 is 0 Å². The van der Waals surface area contributed by atoms with Crippen molar-refractivity contribution in [1.29, 1.82) is 0 Å². The smallest absolute Gasteiger partial charge is 0.475 e. The van der Waals surface area contributed by atoms with Crippen LogP contribution in [0.2, 0.25) is 0 Å². The molecule has 9 nitrogen and oxygen atoms in total. The van der Waals surface area contributed by atoms with E-state index in [9.17, 15) is 26.3 Å². The summed E-state index contributed by atoms with van der Waals surface area (Å²) in [6.45, 7) is 5.72. The molecule has 34 heavy (non-hydrogen) atoms. The molecule has 0 aromatic carbocycles. The summed E-state index contributed by atoms with van der Waals surface area (Å²) >= 11 is 1.74. The van der Waals surface area contributed by atoms with Gasteiger partial charge in [-0.3, -0.25) is 9.58 Å². The maximum atomic E-state index is 10.6. The molecule has 2 aromatic heterocycles. The van der Waals surface area contributed by atoms with E-state index in [0.717, 1.165) is 31.9 Å². The number of nitrogens with zero attached hydrogens (tertiary/aromatic N) is 4. The van der Waals surface area contributed by atoms with E-state index in [1.165, 1.54) is 16.1 Å². The molecule has 2 aromatic rings. The van der Waals surface area contributed by atoms with Crippen LogP contribution in [0, 0.1) is 6.92 Å². The Morgan fingerprint density at radius 1 is 1.18 bits per heavy atom. The zero-order valence-corrected chi connectivity index (χ0v) is 19.0. The van der Waals surface area contributed by atoms with Crippen molar-refractivity contribution in [3.63, 3.8) is 0 Å². The van der Waals surface area contributed by atoms with E-state index in [4.69, 9.17) is 24.5 Å². The second-order valence-electron chi connectivity index (χ2n) is 7.00. The molecule has 0 bridgehead atoms. The number of hydrogen-bond donors (Lipinski definition) is 2. The molecule has 3 rings (SSSR count). The Labute approximate surface area is 193 Å². The number of rotatable bonds is 4. The number of ether oxygens (including phenoxy) is 1. The van der Waals surface area contributed by atoms with Gasteiger partial charge in [-0.05, 0) is 6.92 Å². The van der Waals surface area contributed by atoms with Gasteiger partial charge < -0.3 is 14.9 Å². The maximum absolute atomic E-state index is 10.6. The summed E-state index contributed by atoms with van der Waals surface area (Å²) in [6.07, 6.45) is -8.04. The molecule has 0 radical (unpaired) electrons. The molecule has 0 fully saturated rings. The average molecular weight is 520 g/mol. The molecule has 2 N–H and O–H groups in total. The molecule has 16 heteroatoms. The van der Waals surface area contributed by atoms with Gasteiger partial charge in [-0.15, -0.1) is 11.3 Å². The molecule has 0 saturated heterocycles. The number of aromatic nitrogens is 3. The number of halogens is 6. The van der Waals surface area contributed by atoms with Crippen LogP contribution in [0.1, 0.15) is 27.7 Å². The Morgan fingerprint density at radius 2 is 1.71 bits per heavy atom. The third kappa shape index (κ3) is 9.26. The zero-order valence-electron chi connectivity index (χ0n) is 18.1. The van der Waals surface area contributed by atoms with E-state index in [1.54, 1.807) is 18.4 Å². The van der Waals surface area contributed by atoms with Crippen molar-refractivity contribution in [3.8, 4) is 0 Å². The van der Waals surface area contributed by atoms with E-state index in [-0.39, 0.29) is 0 Å². The van der Waals surface area contributed by atoms with Crippen LogP contribution in [0.3, 0.4) is 0 Å². The first-order valence-electron chi connectivity index (χ1n) is 9.29. The van der Waals surface area contributed by atoms with Crippen LogP contribution >= 0.6 is 11.3 Å². The second kappa shape index (κ2) is 12.1. The van der Waals surface area contributed by atoms with Gasteiger partial charge in [-0.1, -0.05) is 0 Å². The molecule has 3 heterocycles. The van der Waals surface area contributed by atoms with Gasteiger partial charge in [0.05, 0.1) is 23.5 Å². The average Bonchev–Trinajstić information content (AvgIpc) is 3.26. The lowest BCUT2D eigenvalue weighted by Crippen LogP contribution is -2.34. The maximum Gasteiger partial charge on any atom is 0.490 e. The van der Waals surface area contributed by atoms with E-state index in [1.807, 2.05) is 17.2 Å². The number of carboxylic acid groups (broad SMARTS) is 2. The number of thiazole rings is 1. The second-order valence-corrected chi connectivity index (χ2v) is 7.94. The minimum absolute atomic E-state index is 0.359. The monoisotopic (exact) mass is 520 g/mol. The van der Waals surface area contributed by atoms with Crippen LogP contribution in [-0.2, 0) is 34.5 Å². The fourth-order valence-electron chi connectivity index (χ4n) is 2.86. The van der Waals surface area contributed by atoms with Gasteiger partial charge in [0, 0.05) is 56.3 Å². The van der Waals surface area contributed by atoms with Crippen LogP contribution in [0.5, 0.6) is 0 Å². The lowest BCUT2D eigenvalue weighted by atomic mass is 9.97. The molecule has 0 amide bonds. The molecule has 0 saturated carbocycles. The summed E-state index contributed by atoms with van der Waals surface area (Å²) in [6, 6.07) is 0. The van der Waals surface area contributed by atoms with Crippen LogP contribution in [0.15, 0.2) is 11.7 Å². The Hall–Kier alpha value is -2.72. The predicted molar refractivity (Wildman–Crippen MR) is 106 cm³/mol. The Morgan fingerprint density at radius 3 is 2.12 bits per heavy atom. The van der Waals surface area contributed by atoms with Crippen molar-refractivity contribution in [2.45, 2.75) is 38.3 Å². The third-order valence-corrected chi connectivity index (χ3v) is 5.18. The van der Waals surface area contributed by atoms with E-state index in [0.29, 0.717) is 5.92 Å². The van der Waals surface area contributed by atoms with Gasteiger partial charge in [0.2, 0.25) is 0 Å². The molecule has 1 unspecified atom stereocenters. The highest BCUT2D eigenvalue weighted by atomic mass is 32.1. The van der Waals surface area contributed by atoms with Crippen molar-refractivity contribution in [1.82, 2.24) is 19.7 Å². The van der Waals surface area contributed by atoms with Crippen molar-refractivity contribution in [2.24, 2.45) is 7.05 Å². The number of aryl methyl sites for hydroxylation is 2. The number of aliphatic carboxylic acids is 2. The lowest BCUT2D eigenvalue weighted by Gasteiger charge is -2.31. The first-order valence-corrected chi connectivity index (χ1v) is 10.2. The Bertz CT molecular complexity index is 936. The molecule has 1 aliphatic rings. The number of fused-ring (bicyclic) bond motifs is 1. The Kier molecular flexibility index (Phi) is 10.4. The number of methoxy groups -OCH3 is 1. The fourth-order valence-corrected chi connectivity index (χ4v) is 3.68. The number of hydrogen-bond acceptors (Lipinski definition) is 7. The zero-order chi connectivity index (χ0) is 26.3. The van der Waals surface area contributed by atoms with Gasteiger partial charge in [0.1, 0.15) is 0 Å². The van der Waals surface area contributed by atoms with Crippen molar-refractivity contribution < 1.29 is 50.9 Å². The SMILES string of the molecule is COCC1CN(Cc2scnc2C)Cc2cn(C)nc21.O=C(O)C(F)(F)F.O=C(O)C(F)(F)F. The summed E-state index contributed by atoms with van der Waals surface area (Å²) in [5.41, 5.74) is 5.60. The summed E-state index contributed by atoms with van der Waals surface area (Å²) in [5.74, 6) is -5.15. The van der Waals surface area contributed by atoms with Gasteiger partial charge in [-0.25, -0.2) is 14.6 Å². The van der Waals surface area contributed by atoms with Crippen molar-refractivity contribution >= 4 is 23.3 Å². The predicted octanol–water partition coefficient (Wildman–Crippen LogP) is 3.20. The summed E-state index contributed by atoms with van der Waals surface area (Å²) in [5, 5.41) is 18.9. The lowest BCUT2D eigenvalue weighted by molar-refractivity contribution is -0.193. The van der Waals surface area contributed by atoms with Gasteiger partial charge >= 0.3 is 24.3 Å². The van der Waals surface area contributed by atoms with Gasteiger partial charge in [-0.2, -0.15) is 31.4 Å². The van der Waals surface area contributed by atoms with Crippen LogP contribution in [-0.4, -0.2) is 74.4 Å². The summed E-state index contributed by atoms with van der Waals surface area (Å²) in [7, 11) is 3.74. The minimum atomic E-state index is -5.08. The van der Waals surface area contributed by atoms with Crippen LogP contribution < -0.4 is 0 Å². The van der Waals surface area contributed by atoms with Crippen LogP contribution in [0.4, 0.5) is 26.3 Å². The highest BCUT2D eigenvalue weighted by Crippen LogP contribution is 2.29. The van der Waals surface area contributed by atoms with Crippen LogP contribution in [0.25, 0.3) is 0 Å². The molecular formula is C18H22F6N4O5S. The molecule has 1 aliphatic heterocycles. The molecule has 0 aliphatic carbocycles. The normalized spacial score (nSPS) is 16.0. The molecule has 0 spiro atoms. The number of carboxylic acids is 2. The summed E-state index contributed by atoms with van der Waals surface area (Å²) in [4.78, 5) is 25.9. The number of alkyl halides is 6. The van der Waals surface area contributed by atoms with Gasteiger partial charge in [0.15, 0.2) is 0 Å². The topological polar surface area (TPSA) is 118 Å². The van der Waals surface area contributed by atoms with E-state index < -0.39 is 24.3 Å². The largest absolute Gasteiger partial charge is 0.490 e. The molecule has 1 atom stereocenters. The van der Waals surface area contributed by atoms with Crippen molar-refractivity contribution in [2.75, 3.05) is 20.3 Å². The minimum Gasteiger partial charge on any atom is -0.475 e. The molecule has 192 valence electrons. The highest BCUT2D eigenvalue weighted by molar-refractivity contribution is 7.09. The Balaban J connectivity index is 0.000000343. The standard InChI is InChI=1S/C14H20N4OS.2C2HF3O2/c1-10-13(20-9-15-10)7-18-5-11-4-17(2)16-14(11)12(6-18)8-19-3;2*3-2(4,5)1(6)7/h4,9,12H,5-8H2,1-3H3;2*(H,6,7). The first-order chi connectivity index (χ1) is 15.6. The third-order valence-electron chi connectivity index (χ3n) is 4.26. The van der Waals surface area contributed by atoms with E-state index in [2.05, 4.69) is 28.1 Å². The number of carbonyl (C=O) groups is 2. The van der Waals surface area contributed by atoms with Crippen molar-refractivity contribution in [3.05, 3.63) is 33.5 Å². The quantitative estimate of drug-likeness (QED) is 0.591. The molecular weight excluding hydrogens is 498 g/mol. The summed E-state index contributed by atoms with van der Waals surface area (Å²) < 4.78 is 70.8.